The van der Waals surface area contributed by atoms with Gasteiger partial charge in [0.05, 0.1) is 5.92 Å². The standard InChI is InChI=1S/C8H17NO4/c1-6(8(10)11)4-9-5-7(12-2)13-3/h6-7,9H,4-5H2,1-3H3,(H,10,11)/t6-/m0/s1. The number of carboxylic acid groups (broad SMARTS) is 1. The summed E-state index contributed by atoms with van der Waals surface area (Å²) >= 11 is 0. The molecular formula is C8H17NO4. The summed E-state index contributed by atoms with van der Waals surface area (Å²) in [5.74, 6) is -1.20. The van der Waals surface area contributed by atoms with Gasteiger partial charge in [-0.15, -0.1) is 0 Å². The number of nitrogens with one attached hydrogen (secondary N) is 1. The van der Waals surface area contributed by atoms with Gasteiger partial charge in [0.1, 0.15) is 0 Å². The zero-order valence-corrected chi connectivity index (χ0v) is 8.24. The number of ether oxygens (including phenoxy) is 2. The predicted molar refractivity (Wildman–Crippen MR) is 47.5 cm³/mol. The third kappa shape index (κ3) is 5.57. The van der Waals surface area contributed by atoms with E-state index in [0.29, 0.717) is 13.1 Å². The average molecular weight is 191 g/mol. The molecule has 0 rings (SSSR count). The first-order chi connectivity index (χ1) is 6.11. The minimum absolute atomic E-state index is 0.319. The van der Waals surface area contributed by atoms with Gasteiger partial charge in [-0.25, -0.2) is 0 Å². The van der Waals surface area contributed by atoms with Gasteiger partial charge in [0.2, 0.25) is 0 Å². The van der Waals surface area contributed by atoms with Crippen molar-refractivity contribution in [2.75, 3.05) is 27.3 Å². The van der Waals surface area contributed by atoms with E-state index in [1.807, 2.05) is 0 Å². The Morgan fingerprint density at radius 3 is 2.31 bits per heavy atom. The average Bonchev–Trinajstić information content (AvgIpc) is 2.12. The molecule has 0 bridgehead atoms. The molecule has 0 spiro atoms. The molecule has 1 atom stereocenters. The fourth-order valence-electron chi connectivity index (χ4n) is 0.768. The van der Waals surface area contributed by atoms with Crippen LogP contribution >= 0.6 is 0 Å². The number of hydrogen-bond donors (Lipinski definition) is 2. The van der Waals surface area contributed by atoms with Gasteiger partial charge in [0.15, 0.2) is 6.29 Å². The van der Waals surface area contributed by atoms with Crippen molar-refractivity contribution in [3.63, 3.8) is 0 Å². The summed E-state index contributed by atoms with van der Waals surface area (Å²) in [6, 6.07) is 0. The SMILES string of the molecule is COC(CNC[C@H](C)C(=O)O)OC. The summed E-state index contributed by atoms with van der Waals surface area (Å²) in [5.41, 5.74) is 0. The molecule has 0 saturated heterocycles. The Balaban J connectivity index is 3.48. The molecule has 0 aliphatic rings. The third-order valence-electron chi connectivity index (χ3n) is 1.71. The molecule has 0 unspecified atom stereocenters. The number of methoxy groups -OCH3 is 2. The van der Waals surface area contributed by atoms with Crippen molar-refractivity contribution < 1.29 is 19.4 Å². The molecule has 0 fully saturated rings. The summed E-state index contributed by atoms with van der Waals surface area (Å²) in [6.07, 6.45) is -0.319. The lowest BCUT2D eigenvalue weighted by Crippen LogP contribution is -2.34. The summed E-state index contributed by atoms with van der Waals surface area (Å²) in [7, 11) is 3.08. The lowest BCUT2D eigenvalue weighted by atomic mass is 10.2. The van der Waals surface area contributed by atoms with E-state index in [1.54, 1.807) is 6.92 Å². The van der Waals surface area contributed by atoms with Crippen molar-refractivity contribution in [1.82, 2.24) is 5.32 Å². The van der Waals surface area contributed by atoms with Crippen LogP contribution in [-0.2, 0) is 14.3 Å². The molecule has 2 N–H and O–H groups in total. The first kappa shape index (κ1) is 12.3. The van der Waals surface area contributed by atoms with Gasteiger partial charge in [-0.2, -0.15) is 0 Å². The Hall–Kier alpha value is -0.650. The zero-order chi connectivity index (χ0) is 10.3. The maximum Gasteiger partial charge on any atom is 0.307 e. The van der Waals surface area contributed by atoms with Crippen LogP contribution < -0.4 is 5.32 Å². The van der Waals surface area contributed by atoms with E-state index in [-0.39, 0.29) is 6.29 Å². The molecule has 0 radical (unpaired) electrons. The summed E-state index contributed by atoms with van der Waals surface area (Å²) in [6.45, 7) is 2.55. The van der Waals surface area contributed by atoms with E-state index >= 15 is 0 Å². The van der Waals surface area contributed by atoms with Crippen molar-refractivity contribution in [3.05, 3.63) is 0 Å². The molecule has 0 aromatic rings. The van der Waals surface area contributed by atoms with Crippen LogP contribution in [0.15, 0.2) is 0 Å². The van der Waals surface area contributed by atoms with Crippen molar-refractivity contribution in [2.45, 2.75) is 13.2 Å². The van der Waals surface area contributed by atoms with Gasteiger partial charge in [0, 0.05) is 27.3 Å². The maximum absolute atomic E-state index is 10.4. The van der Waals surface area contributed by atoms with Gasteiger partial charge < -0.3 is 19.9 Å². The van der Waals surface area contributed by atoms with E-state index in [2.05, 4.69) is 5.32 Å². The van der Waals surface area contributed by atoms with E-state index in [0.717, 1.165) is 0 Å². The Kier molecular flexibility index (Phi) is 6.48. The van der Waals surface area contributed by atoms with E-state index in [4.69, 9.17) is 14.6 Å². The summed E-state index contributed by atoms with van der Waals surface area (Å²) < 4.78 is 9.82. The van der Waals surface area contributed by atoms with Crippen LogP contribution in [0.2, 0.25) is 0 Å². The minimum atomic E-state index is -0.807. The van der Waals surface area contributed by atoms with Crippen LogP contribution in [-0.4, -0.2) is 44.7 Å². The smallest absolute Gasteiger partial charge is 0.307 e. The molecule has 5 heteroatoms. The van der Waals surface area contributed by atoms with Gasteiger partial charge >= 0.3 is 5.97 Å². The van der Waals surface area contributed by atoms with Gasteiger partial charge in [-0.1, -0.05) is 6.92 Å². The zero-order valence-electron chi connectivity index (χ0n) is 8.24. The second-order valence-corrected chi connectivity index (χ2v) is 2.80. The number of hydrogen-bond acceptors (Lipinski definition) is 4. The first-order valence-corrected chi connectivity index (χ1v) is 4.11. The molecule has 0 saturated carbocycles. The Morgan fingerprint density at radius 1 is 1.38 bits per heavy atom. The second kappa shape index (κ2) is 6.82. The van der Waals surface area contributed by atoms with Crippen LogP contribution in [0.3, 0.4) is 0 Å². The summed E-state index contributed by atoms with van der Waals surface area (Å²) in [5, 5.41) is 11.5. The first-order valence-electron chi connectivity index (χ1n) is 4.11. The molecule has 5 nitrogen and oxygen atoms in total. The van der Waals surface area contributed by atoms with Gasteiger partial charge in [-0.3, -0.25) is 4.79 Å². The molecule has 0 amide bonds. The topological polar surface area (TPSA) is 67.8 Å². The van der Waals surface area contributed by atoms with Crippen LogP contribution in [0.5, 0.6) is 0 Å². The number of carboxylic acids is 1. The molecule has 0 aliphatic heterocycles. The largest absolute Gasteiger partial charge is 0.481 e. The molecule has 0 aromatic heterocycles. The number of rotatable bonds is 7. The molecule has 0 aromatic carbocycles. The van der Waals surface area contributed by atoms with Crippen LogP contribution in [0.1, 0.15) is 6.92 Å². The van der Waals surface area contributed by atoms with Crippen molar-refractivity contribution in [1.29, 1.82) is 0 Å². The van der Waals surface area contributed by atoms with E-state index in [1.165, 1.54) is 14.2 Å². The highest BCUT2D eigenvalue weighted by molar-refractivity contribution is 5.69. The van der Waals surface area contributed by atoms with Crippen LogP contribution in [0, 0.1) is 5.92 Å². The minimum Gasteiger partial charge on any atom is -0.481 e. The van der Waals surface area contributed by atoms with E-state index in [9.17, 15) is 4.79 Å². The van der Waals surface area contributed by atoms with Crippen LogP contribution in [0.4, 0.5) is 0 Å². The van der Waals surface area contributed by atoms with Crippen LogP contribution in [0.25, 0.3) is 0 Å². The Morgan fingerprint density at radius 2 is 1.92 bits per heavy atom. The lowest BCUT2D eigenvalue weighted by Gasteiger charge is -2.14. The fraction of sp³-hybridized carbons (Fsp3) is 0.875. The quantitative estimate of drug-likeness (QED) is 0.551. The van der Waals surface area contributed by atoms with Crippen molar-refractivity contribution in [2.24, 2.45) is 5.92 Å². The van der Waals surface area contributed by atoms with Gasteiger partial charge in [0.25, 0.3) is 0 Å². The normalized spacial score (nSPS) is 13.2. The Bertz CT molecular complexity index is 147. The molecular weight excluding hydrogens is 174 g/mol. The highest BCUT2D eigenvalue weighted by Crippen LogP contribution is 1.93. The second-order valence-electron chi connectivity index (χ2n) is 2.80. The fourth-order valence-corrected chi connectivity index (χ4v) is 0.768. The number of aliphatic carboxylic acids is 1. The highest BCUT2D eigenvalue weighted by atomic mass is 16.7. The molecule has 0 heterocycles. The maximum atomic E-state index is 10.4. The van der Waals surface area contributed by atoms with Gasteiger partial charge in [-0.05, 0) is 0 Å². The molecule has 0 aliphatic carbocycles. The molecule has 78 valence electrons. The number of carbonyl (C=O) groups is 1. The third-order valence-corrected chi connectivity index (χ3v) is 1.71. The van der Waals surface area contributed by atoms with Crippen molar-refractivity contribution >= 4 is 5.97 Å². The summed E-state index contributed by atoms with van der Waals surface area (Å²) in [4.78, 5) is 10.4. The van der Waals surface area contributed by atoms with E-state index < -0.39 is 11.9 Å². The predicted octanol–water partition coefficient (Wildman–Crippen LogP) is -0.0844. The lowest BCUT2D eigenvalue weighted by molar-refractivity contribution is -0.141. The highest BCUT2D eigenvalue weighted by Gasteiger charge is 2.11. The van der Waals surface area contributed by atoms with Crippen molar-refractivity contribution in [3.8, 4) is 0 Å². The Labute approximate surface area is 78.0 Å². The molecule has 13 heavy (non-hydrogen) atoms. The monoisotopic (exact) mass is 191 g/mol.